The molecule has 6 heteroatoms. The van der Waals surface area contributed by atoms with Gasteiger partial charge in [0.1, 0.15) is 34.5 Å². The molecule has 5 heterocycles. The summed E-state index contributed by atoms with van der Waals surface area (Å²) in [6.45, 7) is 8.53. The van der Waals surface area contributed by atoms with Crippen LogP contribution in [0.1, 0.15) is 33.9 Å². The summed E-state index contributed by atoms with van der Waals surface area (Å²) in [7, 11) is 0. The minimum atomic E-state index is -0.0241. The molecule has 0 bridgehead atoms. The number of aromatic nitrogens is 1. The van der Waals surface area contributed by atoms with E-state index in [-0.39, 0.29) is 18.7 Å². The van der Waals surface area contributed by atoms with Gasteiger partial charge in [-0.05, 0) is 80.3 Å². The summed E-state index contributed by atoms with van der Waals surface area (Å²) in [5.74, 6) is 5.47. The Morgan fingerprint density at radius 3 is 1.83 bits per heavy atom. The van der Waals surface area contributed by atoms with Gasteiger partial charge < -0.3 is 23.7 Å². The first kappa shape index (κ1) is 26.5. The fraction of sp³-hybridized carbons (Fsp3) is 0.143. The highest BCUT2D eigenvalue weighted by Gasteiger charge is 2.49. The van der Waals surface area contributed by atoms with Gasteiger partial charge in [-0.25, -0.2) is 0 Å². The number of ether oxygens (including phenoxy) is 3. The number of hydrogen-bond acceptors (Lipinski definition) is 4. The molecule has 0 spiro atoms. The van der Waals surface area contributed by atoms with Crippen LogP contribution in [-0.4, -0.2) is 17.3 Å². The highest BCUT2D eigenvalue weighted by molar-refractivity contribution is 6.99. The largest absolute Gasteiger partial charge is 0.458 e. The van der Waals surface area contributed by atoms with E-state index >= 15 is 0 Å². The van der Waals surface area contributed by atoms with Crippen LogP contribution in [0.2, 0.25) is 0 Å². The van der Waals surface area contributed by atoms with Gasteiger partial charge in [0.05, 0.1) is 28.6 Å². The molecule has 0 radical (unpaired) electrons. The van der Waals surface area contributed by atoms with Crippen LogP contribution in [0.5, 0.6) is 34.5 Å². The molecule has 230 valence electrons. The molecule has 2 unspecified atom stereocenters. The first-order valence-electron chi connectivity index (χ1n) is 16.8. The van der Waals surface area contributed by atoms with E-state index in [1.165, 1.54) is 28.0 Å². The number of rotatable bonds is 2. The number of benzene rings is 5. The average Bonchev–Trinajstić information content (AvgIpc) is 3.61. The summed E-state index contributed by atoms with van der Waals surface area (Å²) in [6, 6.07) is 28.6. The quantitative estimate of drug-likeness (QED) is 0.181. The summed E-state index contributed by atoms with van der Waals surface area (Å²) in [4.78, 5) is 2.52. The number of allylic oxidation sites excluding steroid dienone is 2. The monoisotopic (exact) mass is 622 g/mol. The molecule has 1 aliphatic carbocycles. The minimum absolute atomic E-state index is 0.0241. The molecule has 5 aliphatic rings. The maximum absolute atomic E-state index is 6.95. The van der Waals surface area contributed by atoms with Gasteiger partial charge in [-0.2, -0.15) is 0 Å². The molecule has 6 aromatic rings. The summed E-state index contributed by atoms with van der Waals surface area (Å²) in [5, 5.41) is 1.23. The zero-order valence-electron chi connectivity index (χ0n) is 27.2. The second-order valence-electron chi connectivity index (χ2n) is 13.8. The van der Waals surface area contributed by atoms with Gasteiger partial charge in [0, 0.05) is 45.5 Å². The van der Waals surface area contributed by atoms with Gasteiger partial charge in [0.2, 0.25) is 0 Å². The molecule has 4 aliphatic heterocycles. The molecule has 48 heavy (non-hydrogen) atoms. The van der Waals surface area contributed by atoms with Crippen molar-refractivity contribution in [1.29, 1.82) is 0 Å². The van der Waals surface area contributed by atoms with Gasteiger partial charge in [-0.3, -0.25) is 0 Å². The Labute approximate surface area is 279 Å². The molecule has 2 atom stereocenters. The zero-order valence-corrected chi connectivity index (χ0v) is 27.2. The molecule has 0 N–H and O–H groups in total. The molecule has 0 fully saturated rings. The topological polar surface area (TPSA) is 35.9 Å². The summed E-state index contributed by atoms with van der Waals surface area (Å²) >= 11 is 0. The Bertz CT molecular complexity index is 2420. The van der Waals surface area contributed by atoms with Crippen LogP contribution in [0.4, 0.5) is 11.4 Å². The standard InChI is InChI=1S/C42H31BN2O3/c1-22-18-24(3)41-35-39(22)46-32-20-27(21-33-34(32)43(35)36-40(47-33)23(2)19-25(4)42(36)48-41)45-31-17-11-9-15-29(31)37-38(45)28-14-8-10-16-30(28)44(37)26-12-6-5-7-13-26/h5-21,28,30H,1-4H3. The summed E-state index contributed by atoms with van der Waals surface area (Å²) in [5.41, 5.74) is 13.7. The number of hydrogen-bond donors (Lipinski definition) is 0. The Kier molecular flexibility index (Phi) is 4.98. The Hall–Kier alpha value is -5.62. The smallest absolute Gasteiger partial charge is 0.270 e. The van der Waals surface area contributed by atoms with Crippen LogP contribution in [0.3, 0.4) is 0 Å². The molecule has 0 amide bonds. The second kappa shape index (κ2) is 9.04. The molecule has 0 saturated carbocycles. The fourth-order valence-corrected chi connectivity index (χ4v) is 9.17. The Morgan fingerprint density at radius 2 is 1.17 bits per heavy atom. The van der Waals surface area contributed by atoms with E-state index in [1.54, 1.807) is 0 Å². The number of fused-ring (bicyclic) bond motifs is 5. The van der Waals surface area contributed by atoms with Crippen molar-refractivity contribution in [3.63, 3.8) is 0 Å². The third-order valence-electron chi connectivity index (χ3n) is 11.0. The number of nitrogens with zero attached hydrogens (tertiary/aromatic N) is 2. The van der Waals surface area contributed by atoms with Gasteiger partial charge >= 0.3 is 0 Å². The number of para-hydroxylation sites is 2. The third kappa shape index (κ3) is 3.18. The average molecular weight is 623 g/mol. The maximum Gasteiger partial charge on any atom is 0.270 e. The van der Waals surface area contributed by atoms with Crippen molar-refractivity contribution < 1.29 is 14.2 Å². The van der Waals surface area contributed by atoms with Crippen LogP contribution in [0, 0.1) is 27.7 Å². The molecule has 0 saturated heterocycles. The normalized spacial score (nSPS) is 18.2. The number of aryl methyl sites for hydroxylation is 4. The van der Waals surface area contributed by atoms with Crippen LogP contribution < -0.4 is 35.5 Å². The Morgan fingerprint density at radius 1 is 0.583 bits per heavy atom. The lowest BCUT2D eigenvalue weighted by Crippen LogP contribution is -2.60. The molecular formula is C42H31BN2O3. The lowest BCUT2D eigenvalue weighted by atomic mass is 9.33. The number of anilines is 2. The highest BCUT2D eigenvalue weighted by atomic mass is 16.5. The predicted octanol–water partition coefficient (Wildman–Crippen LogP) is 8.43. The van der Waals surface area contributed by atoms with E-state index in [0.717, 1.165) is 78.8 Å². The van der Waals surface area contributed by atoms with Gasteiger partial charge in [-0.15, -0.1) is 0 Å². The maximum atomic E-state index is 6.95. The summed E-state index contributed by atoms with van der Waals surface area (Å²) < 4.78 is 23.1. The van der Waals surface area contributed by atoms with Crippen LogP contribution in [0.25, 0.3) is 16.6 Å². The van der Waals surface area contributed by atoms with Crippen molar-refractivity contribution in [2.75, 3.05) is 4.90 Å². The van der Waals surface area contributed by atoms with Crippen molar-refractivity contribution in [2.45, 2.75) is 39.7 Å². The lowest BCUT2D eigenvalue weighted by Gasteiger charge is -2.39. The van der Waals surface area contributed by atoms with E-state index in [9.17, 15) is 0 Å². The van der Waals surface area contributed by atoms with Gasteiger partial charge in [0.15, 0.2) is 0 Å². The van der Waals surface area contributed by atoms with Crippen LogP contribution >= 0.6 is 0 Å². The predicted molar refractivity (Wildman–Crippen MR) is 193 cm³/mol. The molecule has 5 aromatic carbocycles. The summed E-state index contributed by atoms with van der Waals surface area (Å²) in [6.07, 6.45) is 9.06. The van der Waals surface area contributed by atoms with E-state index in [1.807, 2.05) is 0 Å². The molecular weight excluding hydrogens is 591 g/mol. The third-order valence-corrected chi connectivity index (χ3v) is 11.0. The molecule has 11 rings (SSSR count). The SMILES string of the molecule is Cc1cc(C)c2c3c1Oc1cc(-n4c5c(c6ccccc64)N(c4ccccc4)C4C=CC=CC54)cc4c1B3c1c(c(C)cc(C)c1O2)O4. The fourth-order valence-electron chi connectivity index (χ4n) is 9.17. The second-order valence-corrected chi connectivity index (χ2v) is 13.8. The van der Waals surface area contributed by atoms with E-state index in [4.69, 9.17) is 14.2 Å². The first-order valence-corrected chi connectivity index (χ1v) is 16.8. The first-order chi connectivity index (χ1) is 23.5. The molecule has 1 aromatic heterocycles. The van der Waals surface area contributed by atoms with Crippen molar-refractivity contribution in [2.24, 2.45) is 0 Å². The highest BCUT2D eigenvalue weighted by Crippen LogP contribution is 2.54. The van der Waals surface area contributed by atoms with Crippen molar-refractivity contribution in [3.05, 3.63) is 131 Å². The van der Waals surface area contributed by atoms with Crippen LogP contribution in [-0.2, 0) is 0 Å². The van der Waals surface area contributed by atoms with Crippen LogP contribution in [0.15, 0.2) is 103 Å². The van der Waals surface area contributed by atoms with E-state index in [2.05, 4.69) is 140 Å². The van der Waals surface area contributed by atoms with E-state index in [0.29, 0.717) is 0 Å². The van der Waals surface area contributed by atoms with Crippen molar-refractivity contribution >= 4 is 45.4 Å². The minimum Gasteiger partial charge on any atom is -0.458 e. The van der Waals surface area contributed by atoms with Crippen molar-refractivity contribution in [1.82, 2.24) is 4.57 Å². The lowest BCUT2D eigenvalue weighted by molar-refractivity contribution is 0.436. The van der Waals surface area contributed by atoms with E-state index < -0.39 is 0 Å². The van der Waals surface area contributed by atoms with Gasteiger partial charge in [0.25, 0.3) is 6.71 Å². The Balaban J connectivity index is 1.21. The molecule has 5 nitrogen and oxygen atoms in total. The van der Waals surface area contributed by atoms with Crippen molar-refractivity contribution in [3.8, 4) is 40.2 Å². The zero-order chi connectivity index (χ0) is 32.0. The van der Waals surface area contributed by atoms with Gasteiger partial charge in [-0.1, -0.05) is 60.7 Å².